The van der Waals surface area contributed by atoms with Crippen molar-refractivity contribution in [2.24, 2.45) is 0 Å². The Morgan fingerprint density at radius 2 is 2.13 bits per heavy atom. The molecule has 0 aliphatic carbocycles. The minimum absolute atomic E-state index is 0.506. The van der Waals surface area contributed by atoms with Crippen LogP contribution in [0.2, 0.25) is 5.02 Å². The molecule has 1 saturated heterocycles. The molecule has 0 amide bonds. The summed E-state index contributed by atoms with van der Waals surface area (Å²) in [7, 11) is 1.70. The zero-order chi connectivity index (χ0) is 16.1. The SMILES string of the molecule is COc1cccc(NC2CCN(Cc3ccncc3Cl)CC2)c1. The first-order chi connectivity index (χ1) is 11.2. The highest BCUT2D eigenvalue weighted by molar-refractivity contribution is 6.31. The van der Waals surface area contributed by atoms with Crippen molar-refractivity contribution in [2.45, 2.75) is 25.4 Å². The number of nitrogens with one attached hydrogen (secondary N) is 1. The molecule has 0 saturated carbocycles. The molecule has 23 heavy (non-hydrogen) atoms. The van der Waals surface area contributed by atoms with Crippen LogP contribution < -0.4 is 10.1 Å². The maximum atomic E-state index is 6.19. The fourth-order valence-electron chi connectivity index (χ4n) is 2.96. The Kier molecular flexibility index (Phi) is 5.36. The van der Waals surface area contributed by atoms with Gasteiger partial charge >= 0.3 is 0 Å². The van der Waals surface area contributed by atoms with Gasteiger partial charge in [0.25, 0.3) is 0 Å². The number of methoxy groups -OCH3 is 1. The summed E-state index contributed by atoms with van der Waals surface area (Å²) in [5.41, 5.74) is 2.28. The van der Waals surface area contributed by atoms with E-state index >= 15 is 0 Å². The summed E-state index contributed by atoms with van der Waals surface area (Å²) in [6, 6.07) is 10.6. The van der Waals surface area contributed by atoms with Gasteiger partial charge in [-0.1, -0.05) is 17.7 Å². The quantitative estimate of drug-likeness (QED) is 0.903. The van der Waals surface area contributed by atoms with Crippen LogP contribution >= 0.6 is 11.6 Å². The molecule has 1 N–H and O–H groups in total. The number of nitrogens with zero attached hydrogens (tertiary/aromatic N) is 2. The maximum absolute atomic E-state index is 6.19. The molecule has 4 nitrogen and oxygen atoms in total. The van der Waals surface area contributed by atoms with Crippen molar-refractivity contribution in [3.8, 4) is 5.75 Å². The van der Waals surface area contributed by atoms with E-state index in [9.17, 15) is 0 Å². The minimum atomic E-state index is 0.506. The number of anilines is 1. The Balaban J connectivity index is 1.51. The van der Waals surface area contributed by atoms with Gasteiger partial charge in [-0.25, -0.2) is 0 Å². The molecule has 1 aromatic heterocycles. The number of piperidine rings is 1. The molecule has 5 heteroatoms. The molecule has 0 atom stereocenters. The zero-order valence-corrected chi connectivity index (χ0v) is 14.1. The normalized spacial score (nSPS) is 16.3. The number of pyridine rings is 1. The van der Waals surface area contributed by atoms with E-state index in [1.165, 1.54) is 0 Å². The Morgan fingerprint density at radius 1 is 1.30 bits per heavy atom. The number of hydrogen-bond donors (Lipinski definition) is 1. The summed E-state index contributed by atoms with van der Waals surface area (Å²) >= 11 is 6.19. The summed E-state index contributed by atoms with van der Waals surface area (Å²) < 4.78 is 5.27. The molecular formula is C18H22ClN3O. The largest absolute Gasteiger partial charge is 0.497 e. The van der Waals surface area contributed by atoms with Crippen LogP contribution in [0.3, 0.4) is 0 Å². The highest BCUT2D eigenvalue weighted by Crippen LogP contribution is 2.22. The van der Waals surface area contributed by atoms with Gasteiger partial charge < -0.3 is 10.1 Å². The van der Waals surface area contributed by atoms with E-state index in [4.69, 9.17) is 16.3 Å². The fraction of sp³-hybridized carbons (Fsp3) is 0.389. The van der Waals surface area contributed by atoms with Crippen LogP contribution in [0.25, 0.3) is 0 Å². The van der Waals surface area contributed by atoms with Crippen LogP contribution in [0.5, 0.6) is 5.75 Å². The predicted molar refractivity (Wildman–Crippen MR) is 94.2 cm³/mol. The highest BCUT2D eigenvalue weighted by Gasteiger charge is 2.19. The van der Waals surface area contributed by atoms with Gasteiger partial charge in [-0.3, -0.25) is 9.88 Å². The third-order valence-electron chi connectivity index (χ3n) is 4.28. The molecule has 1 aliphatic rings. The van der Waals surface area contributed by atoms with Crippen molar-refractivity contribution in [1.82, 2.24) is 9.88 Å². The molecule has 0 spiro atoms. The summed E-state index contributed by atoms with van der Waals surface area (Å²) in [6.07, 6.45) is 5.77. The maximum Gasteiger partial charge on any atom is 0.120 e. The second kappa shape index (κ2) is 7.66. The van der Waals surface area contributed by atoms with Crippen LogP contribution in [0.4, 0.5) is 5.69 Å². The molecule has 122 valence electrons. The predicted octanol–water partition coefficient (Wildman–Crippen LogP) is 3.82. The standard InChI is InChI=1S/C18H22ClN3O/c1-23-17-4-2-3-16(11-17)21-15-6-9-22(10-7-15)13-14-5-8-20-12-18(14)19/h2-5,8,11-12,15,21H,6-7,9-10,13H2,1H3. The van der Waals surface area contributed by atoms with Crippen molar-refractivity contribution < 1.29 is 4.74 Å². The van der Waals surface area contributed by atoms with E-state index in [0.717, 1.165) is 54.5 Å². The molecule has 2 aromatic rings. The number of likely N-dealkylation sites (tertiary alicyclic amines) is 1. The lowest BCUT2D eigenvalue weighted by molar-refractivity contribution is 0.211. The van der Waals surface area contributed by atoms with Crippen molar-refractivity contribution >= 4 is 17.3 Å². The van der Waals surface area contributed by atoms with Gasteiger partial charge in [0, 0.05) is 49.8 Å². The summed E-state index contributed by atoms with van der Waals surface area (Å²) in [4.78, 5) is 6.49. The molecule has 1 fully saturated rings. The third-order valence-corrected chi connectivity index (χ3v) is 4.62. The molecule has 3 rings (SSSR count). The smallest absolute Gasteiger partial charge is 0.120 e. The van der Waals surface area contributed by atoms with Crippen molar-refractivity contribution in [2.75, 3.05) is 25.5 Å². The molecule has 0 radical (unpaired) electrons. The number of benzene rings is 1. The van der Waals surface area contributed by atoms with Gasteiger partial charge in [0.05, 0.1) is 12.1 Å². The van der Waals surface area contributed by atoms with Crippen LogP contribution in [0.1, 0.15) is 18.4 Å². The zero-order valence-electron chi connectivity index (χ0n) is 13.3. The number of halogens is 1. The van der Waals surface area contributed by atoms with E-state index in [1.807, 2.05) is 24.3 Å². The molecule has 0 unspecified atom stereocenters. The van der Waals surface area contributed by atoms with Crippen molar-refractivity contribution in [1.29, 1.82) is 0 Å². The van der Waals surface area contributed by atoms with Crippen LogP contribution in [0.15, 0.2) is 42.7 Å². The average Bonchev–Trinajstić information content (AvgIpc) is 2.59. The summed E-state index contributed by atoms with van der Waals surface area (Å²) in [5, 5.41) is 4.36. The van der Waals surface area contributed by atoms with Crippen LogP contribution in [-0.4, -0.2) is 36.1 Å². The van der Waals surface area contributed by atoms with E-state index in [2.05, 4.69) is 21.3 Å². The first-order valence-electron chi connectivity index (χ1n) is 7.96. The van der Waals surface area contributed by atoms with Crippen molar-refractivity contribution in [3.05, 3.63) is 53.3 Å². The first kappa shape index (κ1) is 16.1. The van der Waals surface area contributed by atoms with Crippen LogP contribution in [-0.2, 0) is 6.54 Å². The van der Waals surface area contributed by atoms with Crippen molar-refractivity contribution in [3.63, 3.8) is 0 Å². The monoisotopic (exact) mass is 331 g/mol. The topological polar surface area (TPSA) is 37.4 Å². The van der Waals surface area contributed by atoms with E-state index < -0.39 is 0 Å². The van der Waals surface area contributed by atoms with Gasteiger partial charge in [0.15, 0.2) is 0 Å². The second-order valence-corrected chi connectivity index (χ2v) is 6.30. The molecule has 0 bridgehead atoms. The van der Waals surface area contributed by atoms with Crippen LogP contribution in [0, 0.1) is 0 Å². The van der Waals surface area contributed by atoms with Gasteiger partial charge in [-0.05, 0) is 36.6 Å². The Bertz CT molecular complexity index is 642. The number of rotatable bonds is 5. The second-order valence-electron chi connectivity index (χ2n) is 5.89. The number of aromatic nitrogens is 1. The fourth-order valence-corrected chi connectivity index (χ4v) is 3.14. The van der Waals surface area contributed by atoms with Gasteiger partial charge in [0.1, 0.15) is 5.75 Å². The number of hydrogen-bond acceptors (Lipinski definition) is 4. The minimum Gasteiger partial charge on any atom is -0.497 e. The third kappa shape index (κ3) is 4.36. The molecular weight excluding hydrogens is 310 g/mol. The van der Waals surface area contributed by atoms with Gasteiger partial charge in [-0.15, -0.1) is 0 Å². The number of ether oxygens (including phenoxy) is 1. The Hall–Kier alpha value is -1.78. The Morgan fingerprint density at radius 3 is 2.87 bits per heavy atom. The molecule has 1 aromatic carbocycles. The Labute approximate surface area is 142 Å². The summed E-state index contributed by atoms with van der Waals surface area (Å²) in [6.45, 7) is 3.04. The summed E-state index contributed by atoms with van der Waals surface area (Å²) in [5.74, 6) is 0.889. The van der Waals surface area contributed by atoms with Gasteiger partial charge in [0.2, 0.25) is 0 Å². The van der Waals surface area contributed by atoms with Gasteiger partial charge in [-0.2, -0.15) is 0 Å². The molecule has 1 aliphatic heterocycles. The van der Waals surface area contributed by atoms with E-state index in [0.29, 0.717) is 6.04 Å². The lowest BCUT2D eigenvalue weighted by atomic mass is 10.0. The lowest BCUT2D eigenvalue weighted by Crippen LogP contribution is -2.38. The lowest BCUT2D eigenvalue weighted by Gasteiger charge is -2.33. The average molecular weight is 332 g/mol. The molecule has 2 heterocycles. The van der Waals surface area contributed by atoms with E-state index in [1.54, 1.807) is 19.5 Å². The highest BCUT2D eigenvalue weighted by atomic mass is 35.5. The van der Waals surface area contributed by atoms with E-state index in [-0.39, 0.29) is 0 Å². The first-order valence-corrected chi connectivity index (χ1v) is 8.34.